The van der Waals surface area contributed by atoms with Crippen LogP contribution >= 0.6 is 0 Å². The van der Waals surface area contributed by atoms with Crippen LogP contribution in [0.25, 0.3) is 0 Å². The van der Waals surface area contributed by atoms with Crippen LogP contribution in [-0.2, 0) is 11.3 Å². The number of aromatic nitrogens is 3. The van der Waals surface area contributed by atoms with Crippen molar-refractivity contribution in [2.45, 2.75) is 25.9 Å². The number of carbonyl (C=O) groups excluding carboxylic acids is 1. The minimum Gasteiger partial charge on any atom is -0.340 e. The predicted molar refractivity (Wildman–Crippen MR) is 92.4 cm³/mol. The van der Waals surface area contributed by atoms with Crippen LogP contribution in [-0.4, -0.2) is 56.7 Å². The largest absolute Gasteiger partial charge is 0.340 e. The summed E-state index contributed by atoms with van der Waals surface area (Å²) in [6.07, 6.45) is 3.98. The molecule has 2 heterocycles. The Hall–Kier alpha value is -2.72. The van der Waals surface area contributed by atoms with Gasteiger partial charge in [-0.25, -0.2) is 9.67 Å². The quantitative estimate of drug-likeness (QED) is 0.843. The van der Waals surface area contributed by atoms with Crippen LogP contribution in [0.5, 0.6) is 0 Å². The lowest BCUT2D eigenvalue weighted by molar-refractivity contribution is -0.134. The molecule has 0 saturated carbocycles. The lowest BCUT2D eigenvalue weighted by Gasteiger charge is -2.24. The van der Waals surface area contributed by atoms with Crippen LogP contribution < -0.4 is 0 Å². The van der Waals surface area contributed by atoms with Crippen LogP contribution in [0.15, 0.2) is 36.9 Å². The minimum atomic E-state index is -0.326. The maximum absolute atomic E-state index is 12.7. The van der Waals surface area contributed by atoms with Gasteiger partial charge in [-0.2, -0.15) is 10.4 Å². The van der Waals surface area contributed by atoms with Gasteiger partial charge >= 0.3 is 0 Å². The summed E-state index contributed by atoms with van der Waals surface area (Å²) < 4.78 is 1.60. The van der Waals surface area contributed by atoms with Gasteiger partial charge in [-0.1, -0.05) is 12.1 Å². The first-order valence-corrected chi connectivity index (χ1v) is 8.51. The van der Waals surface area contributed by atoms with Gasteiger partial charge in [0.05, 0.1) is 11.6 Å². The second kappa shape index (κ2) is 7.90. The summed E-state index contributed by atoms with van der Waals surface area (Å²) >= 11 is 0. The standard InChI is InChI=1S/C18H22N6O/c1-15(24-14-20-13-21-24)18(25)23-8-2-7-22(9-10-23)12-17-5-3-16(11-19)4-6-17/h3-6,13-15H,2,7-10,12H2,1H3/t15-/m0/s1. The van der Waals surface area contributed by atoms with Crippen molar-refractivity contribution in [3.8, 4) is 6.07 Å². The Kier molecular flexibility index (Phi) is 5.41. The molecule has 3 rings (SSSR count). The third-order valence-electron chi connectivity index (χ3n) is 4.58. The zero-order valence-corrected chi connectivity index (χ0v) is 14.4. The summed E-state index contributed by atoms with van der Waals surface area (Å²) in [4.78, 5) is 20.9. The van der Waals surface area contributed by atoms with Crippen LogP contribution in [0.3, 0.4) is 0 Å². The van der Waals surface area contributed by atoms with Gasteiger partial charge < -0.3 is 4.90 Å². The predicted octanol–water partition coefficient (Wildman–Crippen LogP) is 1.45. The third-order valence-corrected chi connectivity index (χ3v) is 4.58. The number of benzene rings is 1. The highest BCUT2D eigenvalue weighted by molar-refractivity contribution is 5.80. The Balaban J connectivity index is 1.56. The molecule has 1 aromatic heterocycles. The summed E-state index contributed by atoms with van der Waals surface area (Å²) in [5, 5.41) is 12.9. The zero-order chi connectivity index (χ0) is 17.6. The van der Waals surface area contributed by atoms with Gasteiger partial charge in [-0.3, -0.25) is 9.69 Å². The fourth-order valence-electron chi connectivity index (χ4n) is 3.09. The summed E-state index contributed by atoms with van der Waals surface area (Å²) in [5.74, 6) is 0.0886. The second-order valence-electron chi connectivity index (χ2n) is 6.32. The molecular weight excluding hydrogens is 316 g/mol. The molecule has 7 heteroatoms. The SMILES string of the molecule is C[C@@H](C(=O)N1CCCN(Cc2ccc(C#N)cc2)CC1)n1cncn1. The second-order valence-corrected chi connectivity index (χ2v) is 6.32. The first-order chi connectivity index (χ1) is 12.2. The van der Waals surface area contributed by atoms with Crippen molar-refractivity contribution in [2.75, 3.05) is 26.2 Å². The highest BCUT2D eigenvalue weighted by Crippen LogP contribution is 2.13. The number of nitrogens with zero attached hydrogens (tertiary/aromatic N) is 6. The van der Waals surface area contributed by atoms with E-state index < -0.39 is 0 Å². The van der Waals surface area contributed by atoms with Crippen LogP contribution in [0.2, 0.25) is 0 Å². The topological polar surface area (TPSA) is 78.0 Å². The Morgan fingerprint density at radius 1 is 1.24 bits per heavy atom. The highest BCUT2D eigenvalue weighted by Gasteiger charge is 2.24. The molecule has 1 fully saturated rings. The van der Waals surface area contributed by atoms with Crippen LogP contribution in [0.4, 0.5) is 0 Å². The molecule has 0 radical (unpaired) electrons. The van der Waals surface area contributed by atoms with E-state index in [9.17, 15) is 4.79 Å². The summed E-state index contributed by atoms with van der Waals surface area (Å²) in [6, 6.07) is 9.51. The molecule has 0 unspecified atom stereocenters. The van der Waals surface area contributed by atoms with Gasteiger partial charge in [0.1, 0.15) is 18.7 Å². The molecule has 1 aromatic carbocycles. The molecule has 0 spiro atoms. The van der Waals surface area contributed by atoms with E-state index in [1.54, 1.807) is 11.0 Å². The van der Waals surface area contributed by atoms with E-state index in [0.717, 1.165) is 32.6 Å². The van der Waals surface area contributed by atoms with E-state index in [4.69, 9.17) is 5.26 Å². The summed E-state index contributed by atoms with van der Waals surface area (Å²) in [5.41, 5.74) is 1.87. The molecule has 1 amide bonds. The van der Waals surface area contributed by atoms with Gasteiger partial charge in [-0.15, -0.1) is 0 Å². The number of amides is 1. The molecule has 25 heavy (non-hydrogen) atoms. The fourth-order valence-corrected chi connectivity index (χ4v) is 3.09. The van der Waals surface area contributed by atoms with Crippen molar-refractivity contribution >= 4 is 5.91 Å². The van der Waals surface area contributed by atoms with Crippen molar-refractivity contribution in [1.82, 2.24) is 24.6 Å². The number of hydrogen-bond acceptors (Lipinski definition) is 5. The molecule has 2 aromatic rings. The average molecular weight is 338 g/mol. The molecule has 0 bridgehead atoms. The molecule has 1 saturated heterocycles. The van der Waals surface area contributed by atoms with E-state index in [0.29, 0.717) is 12.1 Å². The number of carbonyl (C=O) groups is 1. The van der Waals surface area contributed by atoms with E-state index >= 15 is 0 Å². The normalized spacial score (nSPS) is 16.9. The van der Waals surface area contributed by atoms with E-state index in [-0.39, 0.29) is 11.9 Å². The molecular formula is C18H22N6O. The Bertz CT molecular complexity index is 734. The van der Waals surface area contributed by atoms with Crippen LogP contribution in [0.1, 0.15) is 30.5 Å². The van der Waals surface area contributed by atoms with Crippen molar-refractivity contribution < 1.29 is 4.79 Å². The van der Waals surface area contributed by atoms with Gasteiger partial charge in [0.2, 0.25) is 5.91 Å². The Labute approximate surface area is 147 Å². The molecule has 7 nitrogen and oxygen atoms in total. The van der Waals surface area contributed by atoms with E-state index in [2.05, 4.69) is 21.1 Å². The molecule has 1 aliphatic heterocycles. The Morgan fingerprint density at radius 3 is 2.72 bits per heavy atom. The maximum atomic E-state index is 12.7. The fraction of sp³-hybridized carbons (Fsp3) is 0.444. The smallest absolute Gasteiger partial charge is 0.247 e. The van der Waals surface area contributed by atoms with Gasteiger partial charge in [-0.05, 0) is 31.0 Å². The monoisotopic (exact) mass is 338 g/mol. The van der Waals surface area contributed by atoms with Crippen molar-refractivity contribution in [3.63, 3.8) is 0 Å². The minimum absolute atomic E-state index is 0.0886. The number of nitriles is 1. The highest BCUT2D eigenvalue weighted by atomic mass is 16.2. The molecule has 0 N–H and O–H groups in total. The van der Waals surface area contributed by atoms with Crippen molar-refractivity contribution in [2.24, 2.45) is 0 Å². The van der Waals surface area contributed by atoms with Crippen LogP contribution in [0, 0.1) is 11.3 Å². The third kappa shape index (κ3) is 4.22. The number of rotatable bonds is 4. The summed E-state index contributed by atoms with van der Waals surface area (Å²) in [7, 11) is 0. The number of hydrogen-bond donors (Lipinski definition) is 0. The lowest BCUT2D eigenvalue weighted by atomic mass is 10.1. The molecule has 0 aliphatic carbocycles. The first-order valence-electron chi connectivity index (χ1n) is 8.51. The zero-order valence-electron chi connectivity index (χ0n) is 14.4. The molecule has 1 atom stereocenters. The van der Waals surface area contributed by atoms with Crippen molar-refractivity contribution in [1.29, 1.82) is 5.26 Å². The Morgan fingerprint density at radius 2 is 2.04 bits per heavy atom. The van der Waals surface area contributed by atoms with E-state index in [1.807, 2.05) is 36.1 Å². The summed E-state index contributed by atoms with van der Waals surface area (Å²) in [6.45, 7) is 5.98. The average Bonchev–Trinajstić information content (AvgIpc) is 3.08. The molecule has 130 valence electrons. The first kappa shape index (κ1) is 17.1. The lowest BCUT2D eigenvalue weighted by Crippen LogP contribution is -2.39. The molecule has 1 aliphatic rings. The van der Waals surface area contributed by atoms with Gasteiger partial charge in [0.25, 0.3) is 0 Å². The maximum Gasteiger partial charge on any atom is 0.247 e. The van der Waals surface area contributed by atoms with Gasteiger partial charge in [0, 0.05) is 32.7 Å². The van der Waals surface area contributed by atoms with E-state index in [1.165, 1.54) is 11.9 Å². The van der Waals surface area contributed by atoms with Gasteiger partial charge in [0.15, 0.2) is 0 Å². The van der Waals surface area contributed by atoms with Crippen molar-refractivity contribution in [3.05, 3.63) is 48.0 Å².